The van der Waals surface area contributed by atoms with Crippen molar-refractivity contribution in [1.82, 2.24) is 9.55 Å². The highest BCUT2D eigenvalue weighted by molar-refractivity contribution is 5.96. The van der Waals surface area contributed by atoms with Crippen molar-refractivity contribution >= 4 is 22.6 Å². The summed E-state index contributed by atoms with van der Waals surface area (Å²) in [5.74, 6) is 2.03. The number of aromatic nitrogens is 2. The van der Waals surface area contributed by atoms with Gasteiger partial charge in [0.05, 0.1) is 17.6 Å². The lowest BCUT2D eigenvalue weighted by atomic mass is 10.1. The van der Waals surface area contributed by atoms with Crippen molar-refractivity contribution in [3.8, 4) is 5.75 Å². The smallest absolute Gasteiger partial charge is 0.227 e. The first kappa shape index (κ1) is 21.3. The largest absolute Gasteiger partial charge is 0.492 e. The molecule has 4 aromatic rings. The topological polar surface area (TPSA) is 47.4 Å². The highest BCUT2D eigenvalue weighted by Crippen LogP contribution is 2.33. The summed E-state index contributed by atoms with van der Waals surface area (Å²) < 4.78 is 8.24. The van der Waals surface area contributed by atoms with Crippen LogP contribution in [0.25, 0.3) is 11.0 Å². The molecular weight excluding hydrogens is 410 g/mol. The lowest BCUT2D eigenvalue weighted by molar-refractivity contribution is -0.117. The van der Waals surface area contributed by atoms with Crippen molar-refractivity contribution in [2.45, 2.75) is 39.2 Å². The number of nitrogens with zero attached hydrogens (tertiary/aromatic N) is 3. The predicted octanol–water partition coefficient (Wildman–Crippen LogP) is 5.51. The first-order valence-electron chi connectivity index (χ1n) is 11.7. The minimum atomic E-state index is 0.0510. The van der Waals surface area contributed by atoms with Gasteiger partial charge in [0.25, 0.3) is 0 Å². The normalized spacial score (nSPS) is 16.0. The van der Waals surface area contributed by atoms with Gasteiger partial charge in [0.15, 0.2) is 0 Å². The lowest BCUT2D eigenvalue weighted by Crippen LogP contribution is -2.24. The van der Waals surface area contributed by atoms with Crippen LogP contribution in [0.15, 0.2) is 72.8 Å². The molecule has 2 heterocycles. The number of aryl methyl sites for hydroxylation is 2. The van der Waals surface area contributed by atoms with Gasteiger partial charge in [-0.2, -0.15) is 0 Å². The van der Waals surface area contributed by atoms with Crippen molar-refractivity contribution in [2.24, 2.45) is 0 Å². The van der Waals surface area contributed by atoms with Crippen LogP contribution in [-0.2, 0) is 17.8 Å². The maximum absolute atomic E-state index is 12.9. The van der Waals surface area contributed by atoms with Gasteiger partial charge in [0, 0.05) is 24.6 Å². The zero-order valence-corrected chi connectivity index (χ0v) is 19.2. The first-order valence-corrected chi connectivity index (χ1v) is 11.7. The zero-order valence-electron chi connectivity index (χ0n) is 19.2. The van der Waals surface area contributed by atoms with Gasteiger partial charge < -0.3 is 14.2 Å². The molecule has 5 nitrogen and oxygen atoms in total. The van der Waals surface area contributed by atoms with Gasteiger partial charge in [-0.15, -0.1) is 0 Å². The van der Waals surface area contributed by atoms with Crippen molar-refractivity contribution < 1.29 is 9.53 Å². The fourth-order valence-electron chi connectivity index (χ4n) is 4.57. The molecule has 1 amide bonds. The molecule has 3 aromatic carbocycles. The molecule has 0 radical (unpaired) electrons. The summed E-state index contributed by atoms with van der Waals surface area (Å²) in [5.41, 5.74) is 5.49. The molecule has 0 spiro atoms. The minimum absolute atomic E-state index is 0.0510. The molecule has 1 fully saturated rings. The monoisotopic (exact) mass is 439 g/mol. The second-order valence-corrected chi connectivity index (χ2v) is 8.70. The van der Waals surface area contributed by atoms with Crippen LogP contribution in [0, 0.1) is 6.92 Å². The van der Waals surface area contributed by atoms with Crippen molar-refractivity contribution in [3.05, 3.63) is 89.7 Å². The summed E-state index contributed by atoms with van der Waals surface area (Å²) in [6.07, 6.45) is 1.46. The zero-order chi connectivity index (χ0) is 22.8. The van der Waals surface area contributed by atoms with Gasteiger partial charge in [-0.1, -0.05) is 48.9 Å². The molecule has 0 aliphatic carbocycles. The molecule has 168 valence electrons. The van der Waals surface area contributed by atoms with Crippen LogP contribution in [0.1, 0.15) is 36.2 Å². The number of hydrogen-bond donors (Lipinski definition) is 0. The van der Waals surface area contributed by atoms with Crippen LogP contribution < -0.4 is 9.64 Å². The number of para-hydroxylation sites is 2. The van der Waals surface area contributed by atoms with E-state index in [4.69, 9.17) is 9.72 Å². The summed E-state index contributed by atoms with van der Waals surface area (Å²) >= 11 is 0. The van der Waals surface area contributed by atoms with Crippen LogP contribution >= 0.6 is 0 Å². The Bertz CT molecular complexity index is 1260. The van der Waals surface area contributed by atoms with Crippen LogP contribution in [0.3, 0.4) is 0 Å². The van der Waals surface area contributed by atoms with Crippen molar-refractivity contribution in [3.63, 3.8) is 0 Å². The predicted molar refractivity (Wildman–Crippen MR) is 132 cm³/mol. The Labute approximate surface area is 194 Å². The molecule has 33 heavy (non-hydrogen) atoms. The fraction of sp³-hybridized carbons (Fsp3) is 0.286. The number of rotatable bonds is 7. The lowest BCUT2D eigenvalue weighted by Gasteiger charge is -2.18. The minimum Gasteiger partial charge on any atom is -0.492 e. The van der Waals surface area contributed by atoms with E-state index in [1.54, 1.807) is 0 Å². The Balaban J connectivity index is 1.38. The summed E-state index contributed by atoms with van der Waals surface area (Å²) in [4.78, 5) is 19.8. The Hall–Kier alpha value is -3.60. The molecule has 0 unspecified atom stereocenters. The van der Waals surface area contributed by atoms with Crippen molar-refractivity contribution in [2.75, 3.05) is 18.1 Å². The quantitative estimate of drug-likeness (QED) is 0.382. The molecule has 1 aromatic heterocycles. The van der Waals surface area contributed by atoms with Gasteiger partial charge in [-0.3, -0.25) is 4.79 Å². The summed E-state index contributed by atoms with van der Waals surface area (Å²) in [6, 6.07) is 24.6. The summed E-state index contributed by atoms with van der Waals surface area (Å²) in [5, 5.41) is 0. The molecule has 1 aliphatic rings. The number of amides is 1. The number of anilines is 1. The molecule has 1 saturated heterocycles. The van der Waals surface area contributed by atoms with Crippen LogP contribution in [-0.4, -0.2) is 28.6 Å². The third-order valence-electron chi connectivity index (χ3n) is 6.44. The number of carbonyl (C=O) groups excluding carboxylic acids is 1. The molecule has 5 heteroatoms. The number of imidazole rings is 1. The molecule has 1 aliphatic heterocycles. The molecule has 0 saturated carbocycles. The number of ether oxygens (including phenoxy) is 1. The van der Waals surface area contributed by atoms with Crippen LogP contribution in [0.2, 0.25) is 0 Å². The Morgan fingerprint density at radius 1 is 1.00 bits per heavy atom. The highest BCUT2D eigenvalue weighted by atomic mass is 16.5. The SMILES string of the molecule is CCc1ccc(N2C[C@@H](c3nc4ccccc4n3CCOc3ccc(C)cc3)CC2=O)cc1. The maximum Gasteiger partial charge on any atom is 0.227 e. The summed E-state index contributed by atoms with van der Waals surface area (Å²) in [6.45, 7) is 6.07. The van der Waals surface area contributed by atoms with E-state index in [0.717, 1.165) is 34.7 Å². The van der Waals surface area contributed by atoms with Gasteiger partial charge in [-0.25, -0.2) is 4.98 Å². The van der Waals surface area contributed by atoms with E-state index in [2.05, 4.69) is 60.9 Å². The second kappa shape index (κ2) is 9.10. The molecule has 1 atom stereocenters. The summed E-state index contributed by atoms with van der Waals surface area (Å²) in [7, 11) is 0. The molecular formula is C28H29N3O2. The number of benzene rings is 3. The molecule has 0 N–H and O–H groups in total. The van der Waals surface area contributed by atoms with E-state index in [-0.39, 0.29) is 11.8 Å². The Kier molecular flexibility index (Phi) is 5.86. The van der Waals surface area contributed by atoms with Gasteiger partial charge >= 0.3 is 0 Å². The molecule has 5 rings (SSSR count). The van der Waals surface area contributed by atoms with Crippen LogP contribution in [0.5, 0.6) is 5.75 Å². The fourth-order valence-corrected chi connectivity index (χ4v) is 4.57. The van der Waals surface area contributed by atoms with Crippen molar-refractivity contribution in [1.29, 1.82) is 0 Å². The van der Waals surface area contributed by atoms with E-state index in [9.17, 15) is 4.79 Å². The standard InChI is InChI=1S/C28H29N3O2/c1-3-21-10-12-23(13-11-21)31-19-22(18-27(31)32)28-29-25-6-4-5-7-26(25)30(28)16-17-33-24-14-8-20(2)9-15-24/h4-15,22H,3,16-19H2,1-2H3/t22-/m0/s1. The molecule has 0 bridgehead atoms. The van der Waals surface area contributed by atoms with E-state index in [0.29, 0.717) is 26.1 Å². The van der Waals surface area contributed by atoms with Gasteiger partial charge in [-0.05, 0) is 55.3 Å². The van der Waals surface area contributed by atoms with E-state index in [1.165, 1.54) is 11.1 Å². The van der Waals surface area contributed by atoms with E-state index in [1.807, 2.05) is 35.2 Å². The Morgan fingerprint density at radius 2 is 1.76 bits per heavy atom. The highest BCUT2D eigenvalue weighted by Gasteiger charge is 2.34. The third-order valence-corrected chi connectivity index (χ3v) is 6.44. The van der Waals surface area contributed by atoms with Crippen LogP contribution in [0.4, 0.5) is 5.69 Å². The Morgan fingerprint density at radius 3 is 2.52 bits per heavy atom. The van der Waals surface area contributed by atoms with Gasteiger partial charge in [0.2, 0.25) is 5.91 Å². The maximum atomic E-state index is 12.9. The average Bonchev–Trinajstić information content (AvgIpc) is 3.41. The van der Waals surface area contributed by atoms with Gasteiger partial charge in [0.1, 0.15) is 18.2 Å². The average molecular weight is 440 g/mol. The second-order valence-electron chi connectivity index (χ2n) is 8.70. The number of fused-ring (bicyclic) bond motifs is 1. The van der Waals surface area contributed by atoms with E-state index >= 15 is 0 Å². The van der Waals surface area contributed by atoms with E-state index < -0.39 is 0 Å². The number of hydrogen-bond acceptors (Lipinski definition) is 3. The first-order chi connectivity index (χ1) is 16.1. The third kappa shape index (κ3) is 4.36. The number of carbonyl (C=O) groups is 1.